The van der Waals surface area contributed by atoms with Crippen molar-refractivity contribution < 1.29 is 29.0 Å². The first kappa shape index (κ1) is 29.5. The summed E-state index contributed by atoms with van der Waals surface area (Å²) >= 11 is 0. The molecule has 35 heavy (non-hydrogen) atoms. The van der Waals surface area contributed by atoms with Gasteiger partial charge in [-0.05, 0) is 44.9 Å². The van der Waals surface area contributed by atoms with Gasteiger partial charge in [-0.1, -0.05) is 38.0 Å². The summed E-state index contributed by atoms with van der Waals surface area (Å²) in [6.07, 6.45) is 2.71. The average molecular weight is 491 g/mol. The van der Waals surface area contributed by atoms with Gasteiger partial charge in [-0.2, -0.15) is 0 Å². The van der Waals surface area contributed by atoms with Crippen molar-refractivity contribution in [3.05, 3.63) is 42.5 Å². The van der Waals surface area contributed by atoms with E-state index in [9.17, 15) is 24.3 Å². The zero-order valence-corrected chi connectivity index (χ0v) is 21.0. The number of benzene rings is 1. The van der Waals surface area contributed by atoms with Crippen LogP contribution in [0.4, 0.5) is 4.79 Å². The van der Waals surface area contributed by atoms with Gasteiger partial charge in [0, 0.05) is 13.1 Å². The predicted molar refractivity (Wildman–Crippen MR) is 132 cm³/mol. The molecule has 0 aromatic heterocycles. The van der Waals surface area contributed by atoms with Crippen LogP contribution >= 0.6 is 0 Å². The quantitative estimate of drug-likeness (QED) is 0.246. The zero-order valence-electron chi connectivity index (χ0n) is 21.0. The van der Waals surface area contributed by atoms with Crippen LogP contribution in [0.2, 0.25) is 0 Å². The lowest BCUT2D eigenvalue weighted by Gasteiger charge is -2.33. The highest BCUT2D eigenvalue weighted by Crippen LogP contribution is 2.25. The number of nitrogens with zero attached hydrogens (tertiary/aromatic N) is 1. The van der Waals surface area contributed by atoms with Crippen molar-refractivity contribution in [2.75, 3.05) is 13.1 Å². The highest BCUT2D eigenvalue weighted by Gasteiger charge is 2.36. The van der Waals surface area contributed by atoms with Crippen LogP contribution in [0.5, 0.6) is 5.75 Å². The molecule has 1 rings (SSSR count). The number of amides is 4. The molecule has 5 N–H and O–H groups in total. The van der Waals surface area contributed by atoms with E-state index < -0.39 is 47.9 Å². The highest BCUT2D eigenvalue weighted by molar-refractivity contribution is 5.94. The summed E-state index contributed by atoms with van der Waals surface area (Å²) in [6, 6.07) is 3.39. The first-order chi connectivity index (χ1) is 16.4. The Bertz CT molecular complexity index is 879. The van der Waals surface area contributed by atoms with Crippen LogP contribution in [0.15, 0.2) is 36.9 Å². The molecule has 0 heterocycles. The molecule has 0 aliphatic carbocycles. The van der Waals surface area contributed by atoms with Crippen molar-refractivity contribution in [1.82, 2.24) is 15.5 Å². The number of carbonyl (C=O) groups excluding carboxylic acids is 4. The van der Waals surface area contributed by atoms with Crippen molar-refractivity contribution in [3.63, 3.8) is 0 Å². The fraction of sp³-hybridized carbons (Fsp3) is 0.520. The Morgan fingerprint density at radius 3 is 2.31 bits per heavy atom. The van der Waals surface area contributed by atoms with Gasteiger partial charge in [0.2, 0.25) is 17.7 Å². The number of aromatic hydroxyl groups is 1. The third-order valence-corrected chi connectivity index (χ3v) is 4.85. The Hall–Kier alpha value is -3.56. The van der Waals surface area contributed by atoms with Crippen LogP contribution in [-0.2, 0) is 19.1 Å². The predicted octanol–water partition coefficient (Wildman–Crippen LogP) is 2.52. The Morgan fingerprint density at radius 2 is 1.80 bits per heavy atom. The molecule has 1 aromatic carbocycles. The maximum Gasteiger partial charge on any atom is 0.408 e. The number of alkyl carbamates (subject to hydrolysis) is 1. The number of rotatable bonds is 13. The first-order valence-electron chi connectivity index (χ1n) is 11.7. The summed E-state index contributed by atoms with van der Waals surface area (Å²) in [5, 5.41) is 14.9. The lowest BCUT2D eigenvalue weighted by Crippen LogP contribution is -2.54. The number of nitrogens with two attached hydrogens (primary N) is 1. The second kappa shape index (κ2) is 14.0. The van der Waals surface area contributed by atoms with Crippen LogP contribution in [0, 0.1) is 0 Å². The van der Waals surface area contributed by atoms with Gasteiger partial charge in [0.1, 0.15) is 23.4 Å². The minimum absolute atomic E-state index is 0.00403. The van der Waals surface area contributed by atoms with Crippen LogP contribution in [0.1, 0.15) is 65.0 Å². The number of hydrogen-bond acceptors (Lipinski definition) is 6. The molecule has 0 spiro atoms. The maximum absolute atomic E-state index is 13.6. The molecular weight excluding hydrogens is 452 g/mol. The molecular formula is C25H38N4O6. The molecule has 4 amide bonds. The Kier molecular flexibility index (Phi) is 11.8. The van der Waals surface area contributed by atoms with E-state index in [2.05, 4.69) is 17.2 Å². The number of unbranched alkanes of at least 4 members (excludes halogenated alkanes) is 2. The van der Waals surface area contributed by atoms with Gasteiger partial charge in [0.25, 0.3) is 0 Å². The SMILES string of the molecule is C=CCN(C(=O)C(CC(N)=O)NC(=O)OC(C)(C)C)C(C(=O)NCCCCC)c1ccc(O)cc1. The van der Waals surface area contributed by atoms with Gasteiger partial charge in [-0.25, -0.2) is 4.79 Å². The minimum atomic E-state index is -1.37. The molecule has 10 heteroatoms. The van der Waals surface area contributed by atoms with Crippen molar-refractivity contribution in [2.24, 2.45) is 5.73 Å². The normalized spacial score (nSPS) is 12.7. The summed E-state index contributed by atoms with van der Waals surface area (Å²) < 4.78 is 5.22. The molecule has 0 bridgehead atoms. The number of phenols is 1. The zero-order chi connectivity index (χ0) is 26.6. The van der Waals surface area contributed by atoms with Crippen LogP contribution in [0.3, 0.4) is 0 Å². The van der Waals surface area contributed by atoms with E-state index in [-0.39, 0.29) is 12.3 Å². The molecule has 0 aliphatic heterocycles. The third kappa shape index (κ3) is 10.5. The fourth-order valence-corrected chi connectivity index (χ4v) is 3.33. The van der Waals surface area contributed by atoms with E-state index in [0.29, 0.717) is 12.1 Å². The monoisotopic (exact) mass is 490 g/mol. The summed E-state index contributed by atoms with van der Waals surface area (Å²) in [6.45, 7) is 11.1. The van der Waals surface area contributed by atoms with E-state index in [4.69, 9.17) is 10.5 Å². The Balaban J connectivity index is 3.34. The van der Waals surface area contributed by atoms with E-state index in [1.807, 2.05) is 6.92 Å². The second-order valence-electron chi connectivity index (χ2n) is 9.14. The molecule has 2 unspecified atom stereocenters. The summed E-state index contributed by atoms with van der Waals surface area (Å²) in [4.78, 5) is 52.1. The number of nitrogens with one attached hydrogen (secondary N) is 2. The van der Waals surface area contributed by atoms with Crippen molar-refractivity contribution >= 4 is 23.8 Å². The smallest absolute Gasteiger partial charge is 0.408 e. The van der Waals surface area contributed by atoms with Crippen molar-refractivity contribution in [2.45, 2.75) is 71.1 Å². The second-order valence-corrected chi connectivity index (χ2v) is 9.14. The summed E-state index contributed by atoms with van der Waals surface area (Å²) in [7, 11) is 0. The van der Waals surface area contributed by atoms with Gasteiger partial charge in [-0.15, -0.1) is 6.58 Å². The van der Waals surface area contributed by atoms with Crippen LogP contribution in [0.25, 0.3) is 0 Å². The molecule has 194 valence electrons. The lowest BCUT2D eigenvalue weighted by molar-refractivity contribution is -0.142. The molecule has 0 saturated carbocycles. The molecule has 0 saturated heterocycles. The summed E-state index contributed by atoms with van der Waals surface area (Å²) in [5.41, 5.74) is 4.93. The number of hydrogen-bond donors (Lipinski definition) is 4. The highest BCUT2D eigenvalue weighted by atomic mass is 16.6. The fourth-order valence-electron chi connectivity index (χ4n) is 3.33. The van der Waals surface area contributed by atoms with Gasteiger partial charge < -0.3 is 31.1 Å². The number of phenolic OH excluding ortho intramolecular Hbond substituents is 1. The van der Waals surface area contributed by atoms with E-state index in [1.54, 1.807) is 20.8 Å². The molecule has 0 aliphatic rings. The number of primary amides is 1. The van der Waals surface area contributed by atoms with Crippen molar-refractivity contribution in [1.29, 1.82) is 0 Å². The van der Waals surface area contributed by atoms with Gasteiger partial charge >= 0.3 is 6.09 Å². The topological polar surface area (TPSA) is 151 Å². The summed E-state index contributed by atoms with van der Waals surface area (Å²) in [5.74, 6) is -1.98. The van der Waals surface area contributed by atoms with Crippen LogP contribution < -0.4 is 16.4 Å². The van der Waals surface area contributed by atoms with Gasteiger partial charge in [-0.3, -0.25) is 14.4 Å². The van der Waals surface area contributed by atoms with Gasteiger partial charge in [0.05, 0.1) is 6.42 Å². The molecule has 10 nitrogen and oxygen atoms in total. The van der Waals surface area contributed by atoms with Crippen LogP contribution in [-0.4, -0.2) is 58.6 Å². The Labute approximate surface area is 206 Å². The minimum Gasteiger partial charge on any atom is -0.508 e. The van der Waals surface area contributed by atoms with E-state index >= 15 is 0 Å². The van der Waals surface area contributed by atoms with E-state index in [1.165, 1.54) is 35.2 Å². The number of carbonyl (C=O) groups is 4. The van der Waals surface area contributed by atoms with Gasteiger partial charge in [0.15, 0.2) is 0 Å². The average Bonchev–Trinajstić information content (AvgIpc) is 2.75. The lowest BCUT2D eigenvalue weighted by atomic mass is 10.0. The molecule has 2 atom stereocenters. The maximum atomic E-state index is 13.6. The van der Waals surface area contributed by atoms with Crippen molar-refractivity contribution in [3.8, 4) is 5.75 Å². The number of ether oxygens (including phenoxy) is 1. The van der Waals surface area contributed by atoms with E-state index in [0.717, 1.165) is 19.3 Å². The first-order valence-corrected chi connectivity index (χ1v) is 11.7. The molecule has 0 radical (unpaired) electrons. The largest absolute Gasteiger partial charge is 0.508 e. The molecule has 1 aromatic rings. The third-order valence-electron chi connectivity index (χ3n) is 4.85. The molecule has 0 fully saturated rings. The Morgan fingerprint density at radius 1 is 1.17 bits per heavy atom. The standard InChI is InChI=1S/C25H38N4O6/c1-6-8-9-14-27-22(32)21(17-10-12-18(30)13-11-17)29(15-7-2)23(33)19(16-20(26)31)28-24(34)35-25(3,4)5/h7,10-13,19,21,30H,2,6,8-9,14-16H2,1,3-5H3,(H2,26,31)(H,27,32)(H,28,34).